The smallest absolute Gasteiger partial charge is 0.335 e. The summed E-state index contributed by atoms with van der Waals surface area (Å²) in [6.07, 6.45) is 0. The van der Waals surface area contributed by atoms with Crippen LogP contribution in [-0.2, 0) is 0 Å². The summed E-state index contributed by atoms with van der Waals surface area (Å²) in [6.45, 7) is 0. The van der Waals surface area contributed by atoms with Gasteiger partial charge in [0.15, 0.2) is 0 Å². The molecule has 2 aromatic carbocycles. The predicted octanol–water partition coefficient (Wildman–Crippen LogP) is 2.47. The first-order valence-corrected chi connectivity index (χ1v) is 7.01. The highest BCUT2D eigenvalue weighted by molar-refractivity contribution is 14.1. The average molecular weight is 413 g/mol. The number of carboxylic acids is 2. The van der Waals surface area contributed by atoms with Gasteiger partial charge in [0.2, 0.25) is 5.91 Å². The summed E-state index contributed by atoms with van der Waals surface area (Å²) in [7, 11) is 0. The molecule has 0 saturated carbocycles. The standard InChI is InChI=1S/C8H6O4.C7H6INO/c9-7(10)5-2-1-3-6(4-5)8(11)12;8-6-3-1-5(2-4-6)7(9)10/h1-4H,(H,9,10)(H,11,12);1-4H,(H2,9,10). The largest absolute Gasteiger partial charge is 0.478 e. The fraction of sp³-hybridized carbons (Fsp3) is 0. The van der Waals surface area contributed by atoms with E-state index in [1.54, 1.807) is 12.1 Å². The van der Waals surface area contributed by atoms with Crippen LogP contribution in [0.2, 0.25) is 0 Å². The van der Waals surface area contributed by atoms with E-state index in [-0.39, 0.29) is 17.0 Å². The van der Waals surface area contributed by atoms with Crippen molar-refractivity contribution in [3.63, 3.8) is 0 Å². The number of nitrogens with two attached hydrogens (primary N) is 1. The second kappa shape index (κ2) is 8.13. The topological polar surface area (TPSA) is 118 Å². The van der Waals surface area contributed by atoms with E-state index in [4.69, 9.17) is 15.9 Å². The van der Waals surface area contributed by atoms with E-state index in [1.807, 2.05) is 12.1 Å². The van der Waals surface area contributed by atoms with Crippen LogP contribution in [0.25, 0.3) is 0 Å². The number of benzene rings is 2. The van der Waals surface area contributed by atoms with Crippen molar-refractivity contribution in [2.75, 3.05) is 0 Å². The van der Waals surface area contributed by atoms with Crippen molar-refractivity contribution in [3.8, 4) is 0 Å². The summed E-state index contributed by atoms with van der Waals surface area (Å²) in [6, 6.07) is 12.3. The normalized spacial score (nSPS) is 9.32. The number of rotatable bonds is 3. The van der Waals surface area contributed by atoms with Crippen molar-refractivity contribution in [2.45, 2.75) is 0 Å². The molecule has 114 valence electrons. The second-order valence-corrected chi connectivity index (χ2v) is 5.31. The number of halogens is 1. The van der Waals surface area contributed by atoms with Gasteiger partial charge in [-0.1, -0.05) is 6.07 Å². The number of hydrogen-bond acceptors (Lipinski definition) is 3. The first-order valence-electron chi connectivity index (χ1n) is 5.93. The molecule has 0 bridgehead atoms. The Bertz CT molecular complexity index is 668. The Hall–Kier alpha value is -2.42. The monoisotopic (exact) mass is 413 g/mol. The third-order valence-electron chi connectivity index (χ3n) is 2.49. The van der Waals surface area contributed by atoms with Crippen molar-refractivity contribution >= 4 is 40.4 Å². The quantitative estimate of drug-likeness (QED) is 0.669. The fourth-order valence-corrected chi connectivity index (χ4v) is 1.76. The molecule has 0 radical (unpaired) electrons. The molecule has 22 heavy (non-hydrogen) atoms. The summed E-state index contributed by atoms with van der Waals surface area (Å²) in [4.78, 5) is 31.3. The van der Waals surface area contributed by atoms with Crippen molar-refractivity contribution in [1.82, 2.24) is 0 Å². The lowest BCUT2D eigenvalue weighted by molar-refractivity contribution is 0.0696. The number of carbonyl (C=O) groups excluding carboxylic acids is 1. The number of hydrogen-bond donors (Lipinski definition) is 3. The van der Waals surface area contributed by atoms with Crippen LogP contribution in [0.5, 0.6) is 0 Å². The molecule has 4 N–H and O–H groups in total. The summed E-state index contributed by atoms with van der Waals surface area (Å²) < 4.78 is 1.10. The van der Waals surface area contributed by atoms with Crippen molar-refractivity contribution in [3.05, 3.63) is 68.8 Å². The maximum atomic E-state index is 10.5. The summed E-state index contributed by atoms with van der Waals surface area (Å²) >= 11 is 2.17. The summed E-state index contributed by atoms with van der Waals surface area (Å²) in [5.41, 5.74) is 5.54. The molecule has 2 rings (SSSR count). The van der Waals surface area contributed by atoms with Gasteiger partial charge in [0.1, 0.15) is 0 Å². The van der Waals surface area contributed by atoms with Crippen LogP contribution in [-0.4, -0.2) is 28.1 Å². The third kappa shape index (κ3) is 5.52. The average Bonchev–Trinajstić information content (AvgIpc) is 2.48. The van der Waals surface area contributed by atoms with Crippen molar-refractivity contribution in [2.24, 2.45) is 5.73 Å². The summed E-state index contributed by atoms with van der Waals surface area (Å²) in [5, 5.41) is 17.0. The molecule has 0 unspecified atom stereocenters. The number of carbonyl (C=O) groups is 3. The van der Waals surface area contributed by atoms with Gasteiger partial charge in [0.05, 0.1) is 11.1 Å². The lowest BCUT2D eigenvalue weighted by Crippen LogP contribution is -2.10. The van der Waals surface area contributed by atoms with Gasteiger partial charge >= 0.3 is 11.9 Å². The van der Waals surface area contributed by atoms with Crippen LogP contribution in [0.3, 0.4) is 0 Å². The molecule has 0 atom stereocenters. The van der Waals surface area contributed by atoms with E-state index in [2.05, 4.69) is 22.6 Å². The first kappa shape index (κ1) is 17.6. The maximum absolute atomic E-state index is 10.5. The Kier molecular flexibility index (Phi) is 6.51. The van der Waals surface area contributed by atoms with Gasteiger partial charge in [-0.2, -0.15) is 0 Å². The van der Waals surface area contributed by atoms with Gasteiger partial charge in [0.25, 0.3) is 0 Å². The number of amides is 1. The Morgan fingerprint density at radius 2 is 1.27 bits per heavy atom. The van der Waals surface area contributed by atoms with Gasteiger partial charge in [0, 0.05) is 9.13 Å². The van der Waals surface area contributed by atoms with Gasteiger partial charge in [-0.05, 0) is 65.1 Å². The minimum atomic E-state index is -1.13. The Labute approximate surface area is 139 Å². The Morgan fingerprint density at radius 1 is 0.818 bits per heavy atom. The third-order valence-corrected chi connectivity index (χ3v) is 3.20. The highest BCUT2D eigenvalue weighted by Crippen LogP contribution is 2.05. The molecule has 0 fully saturated rings. The number of carboxylic acid groups (broad SMARTS) is 2. The van der Waals surface area contributed by atoms with E-state index < -0.39 is 11.9 Å². The molecule has 0 saturated heterocycles. The van der Waals surface area contributed by atoms with E-state index in [0.717, 1.165) is 9.64 Å². The molecule has 2 aromatic rings. The van der Waals surface area contributed by atoms with Gasteiger partial charge < -0.3 is 15.9 Å². The molecule has 0 heterocycles. The highest BCUT2D eigenvalue weighted by Gasteiger charge is 2.06. The molecule has 7 heteroatoms. The fourth-order valence-electron chi connectivity index (χ4n) is 1.40. The van der Waals surface area contributed by atoms with Gasteiger partial charge in [-0.25, -0.2) is 9.59 Å². The van der Waals surface area contributed by atoms with Crippen LogP contribution >= 0.6 is 22.6 Å². The molecular weight excluding hydrogens is 401 g/mol. The lowest BCUT2D eigenvalue weighted by Gasteiger charge is -1.95. The van der Waals surface area contributed by atoms with E-state index in [0.29, 0.717) is 5.56 Å². The molecular formula is C15H12INO5. The zero-order valence-corrected chi connectivity index (χ0v) is 13.4. The van der Waals surface area contributed by atoms with Gasteiger partial charge in [-0.15, -0.1) is 0 Å². The molecule has 0 aliphatic heterocycles. The van der Waals surface area contributed by atoms with E-state index in [9.17, 15) is 14.4 Å². The minimum absolute atomic E-state index is 0.0186. The van der Waals surface area contributed by atoms with Crippen LogP contribution in [0, 0.1) is 3.57 Å². The van der Waals surface area contributed by atoms with E-state index in [1.165, 1.54) is 18.2 Å². The first-order chi connectivity index (χ1) is 10.3. The predicted molar refractivity (Wildman–Crippen MR) is 88.0 cm³/mol. The Morgan fingerprint density at radius 3 is 1.64 bits per heavy atom. The molecule has 1 amide bonds. The number of primary amides is 1. The Balaban J connectivity index is 0.000000224. The zero-order valence-electron chi connectivity index (χ0n) is 11.2. The lowest BCUT2D eigenvalue weighted by atomic mass is 10.1. The van der Waals surface area contributed by atoms with Crippen LogP contribution in [0.1, 0.15) is 31.1 Å². The summed E-state index contributed by atoms with van der Waals surface area (Å²) in [5.74, 6) is -2.63. The molecule has 0 spiro atoms. The molecule has 0 aromatic heterocycles. The van der Waals surface area contributed by atoms with Crippen molar-refractivity contribution in [1.29, 1.82) is 0 Å². The van der Waals surface area contributed by atoms with Crippen molar-refractivity contribution < 1.29 is 24.6 Å². The van der Waals surface area contributed by atoms with Crippen LogP contribution in [0.15, 0.2) is 48.5 Å². The molecule has 0 aliphatic carbocycles. The zero-order chi connectivity index (χ0) is 16.7. The van der Waals surface area contributed by atoms with Gasteiger partial charge in [-0.3, -0.25) is 4.79 Å². The highest BCUT2D eigenvalue weighted by atomic mass is 127. The van der Waals surface area contributed by atoms with Crippen LogP contribution in [0.4, 0.5) is 0 Å². The molecule has 6 nitrogen and oxygen atoms in total. The minimum Gasteiger partial charge on any atom is -0.478 e. The van der Waals surface area contributed by atoms with E-state index >= 15 is 0 Å². The maximum Gasteiger partial charge on any atom is 0.335 e. The SMILES string of the molecule is NC(=O)c1ccc(I)cc1.O=C(O)c1cccc(C(=O)O)c1. The molecule has 0 aliphatic rings. The number of aromatic carboxylic acids is 2. The van der Waals surface area contributed by atoms with Crippen LogP contribution < -0.4 is 5.73 Å². The second-order valence-electron chi connectivity index (χ2n) is 4.06.